The molecule has 2 nitrogen and oxygen atoms in total. The van der Waals surface area contributed by atoms with Crippen molar-refractivity contribution in [3.8, 4) is 11.5 Å². The van der Waals surface area contributed by atoms with E-state index in [1.165, 1.54) is 5.56 Å². The van der Waals surface area contributed by atoms with Crippen LogP contribution < -0.4 is 9.47 Å². The Morgan fingerprint density at radius 1 is 1.35 bits per heavy atom. The van der Waals surface area contributed by atoms with Crippen molar-refractivity contribution in [3.63, 3.8) is 0 Å². The maximum absolute atomic E-state index is 6.59. The number of fused-ring (bicyclic) bond motifs is 1. The van der Waals surface area contributed by atoms with Gasteiger partial charge in [-0.05, 0) is 37.1 Å². The summed E-state index contributed by atoms with van der Waals surface area (Å²) >= 11 is 8.21. The zero-order valence-electron chi connectivity index (χ0n) is 11.8. The van der Waals surface area contributed by atoms with Crippen molar-refractivity contribution < 1.29 is 9.47 Å². The van der Waals surface area contributed by atoms with Crippen LogP contribution >= 0.6 is 22.9 Å². The molecular formula is C16H17ClO2S. The summed E-state index contributed by atoms with van der Waals surface area (Å²) in [7, 11) is 1.67. The summed E-state index contributed by atoms with van der Waals surface area (Å²) in [5.74, 6) is 1.84. The SMILES string of the molecule is COc1csc(C(Cl)c2ccc3c(c2)CC(C)(C)O3)c1. The van der Waals surface area contributed by atoms with Gasteiger partial charge in [-0.2, -0.15) is 0 Å². The Balaban J connectivity index is 1.88. The minimum Gasteiger partial charge on any atom is -0.496 e. The van der Waals surface area contributed by atoms with E-state index in [0.717, 1.165) is 28.4 Å². The molecule has 0 aliphatic carbocycles. The highest BCUT2D eigenvalue weighted by atomic mass is 35.5. The highest BCUT2D eigenvalue weighted by Crippen LogP contribution is 2.40. The molecule has 106 valence electrons. The van der Waals surface area contributed by atoms with Gasteiger partial charge in [-0.25, -0.2) is 0 Å². The Bertz CT molecular complexity index is 633. The first-order valence-electron chi connectivity index (χ1n) is 6.57. The van der Waals surface area contributed by atoms with Crippen LogP contribution in [-0.2, 0) is 6.42 Å². The first-order chi connectivity index (χ1) is 9.48. The monoisotopic (exact) mass is 308 g/mol. The van der Waals surface area contributed by atoms with Gasteiger partial charge >= 0.3 is 0 Å². The number of halogens is 1. The number of thiophene rings is 1. The number of hydrogen-bond donors (Lipinski definition) is 0. The number of methoxy groups -OCH3 is 1. The normalized spacial score (nSPS) is 17.4. The molecule has 1 aromatic carbocycles. The van der Waals surface area contributed by atoms with Gasteiger partial charge in [0.15, 0.2) is 0 Å². The fourth-order valence-corrected chi connectivity index (χ4v) is 3.74. The highest BCUT2D eigenvalue weighted by molar-refractivity contribution is 7.10. The lowest BCUT2D eigenvalue weighted by Gasteiger charge is -2.16. The molecule has 20 heavy (non-hydrogen) atoms. The van der Waals surface area contributed by atoms with E-state index in [0.29, 0.717) is 0 Å². The smallest absolute Gasteiger partial charge is 0.129 e. The Kier molecular flexibility index (Phi) is 3.43. The van der Waals surface area contributed by atoms with Crippen LogP contribution in [0.25, 0.3) is 0 Å². The van der Waals surface area contributed by atoms with E-state index in [2.05, 4.69) is 19.9 Å². The minimum atomic E-state index is -0.141. The molecule has 1 atom stereocenters. The molecule has 0 saturated carbocycles. The van der Waals surface area contributed by atoms with Crippen molar-refractivity contribution in [2.45, 2.75) is 31.2 Å². The average molecular weight is 309 g/mol. The molecule has 0 spiro atoms. The van der Waals surface area contributed by atoms with Crippen LogP contribution in [0.5, 0.6) is 11.5 Å². The zero-order chi connectivity index (χ0) is 14.3. The fourth-order valence-electron chi connectivity index (χ4n) is 2.53. The average Bonchev–Trinajstić information content (AvgIpc) is 2.98. The molecule has 0 radical (unpaired) electrons. The number of benzene rings is 1. The van der Waals surface area contributed by atoms with E-state index in [9.17, 15) is 0 Å². The van der Waals surface area contributed by atoms with Gasteiger partial charge in [0, 0.05) is 16.7 Å². The molecule has 1 aliphatic heterocycles. The Hall–Kier alpha value is -1.19. The van der Waals surface area contributed by atoms with Crippen LogP contribution in [0.1, 0.15) is 35.2 Å². The zero-order valence-corrected chi connectivity index (χ0v) is 13.3. The van der Waals surface area contributed by atoms with Gasteiger partial charge in [-0.15, -0.1) is 22.9 Å². The Labute approximate surface area is 128 Å². The van der Waals surface area contributed by atoms with Crippen LogP contribution in [0.2, 0.25) is 0 Å². The third-order valence-corrected chi connectivity index (χ3v) is 5.05. The second-order valence-corrected chi connectivity index (χ2v) is 7.04. The fraction of sp³-hybridized carbons (Fsp3) is 0.375. The largest absolute Gasteiger partial charge is 0.496 e. The van der Waals surface area contributed by atoms with Gasteiger partial charge < -0.3 is 9.47 Å². The molecule has 1 unspecified atom stereocenters. The van der Waals surface area contributed by atoms with Crippen LogP contribution in [0.3, 0.4) is 0 Å². The summed E-state index contributed by atoms with van der Waals surface area (Å²) in [6, 6.07) is 8.23. The second kappa shape index (κ2) is 4.97. The van der Waals surface area contributed by atoms with Crippen LogP contribution in [-0.4, -0.2) is 12.7 Å². The van der Waals surface area contributed by atoms with Gasteiger partial charge in [0.25, 0.3) is 0 Å². The van der Waals surface area contributed by atoms with Gasteiger partial charge in [0.2, 0.25) is 0 Å². The summed E-state index contributed by atoms with van der Waals surface area (Å²) < 4.78 is 11.1. The molecule has 0 bridgehead atoms. The molecule has 2 heterocycles. The highest BCUT2D eigenvalue weighted by Gasteiger charge is 2.30. The van der Waals surface area contributed by atoms with Gasteiger partial charge in [-0.1, -0.05) is 12.1 Å². The summed E-state index contributed by atoms with van der Waals surface area (Å²) in [6.45, 7) is 4.21. The maximum Gasteiger partial charge on any atom is 0.129 e. The summed E-state index contributed by atoms with van der Waals surface area (Å²) in [6.07, 6.45) is 0.924. The molecular weight excluding hydrogens is 292 g/mol. The van der Waals surface area contributed by atoms with Gasteiger partial charge in [0.05, 0.1) is 12.5 Å². The molecule has 0 fully saturated rings. The van der Waals surface area contributed by atoms with Gasteiger partial charge in [-0.3, -0.25) is 0 Å². The van der Waals surface area contributed by atoms with Crippen molar-refractivity contribution in [1.29, 1.82) is 0 Å². The first-order valence-corrected chi connectivity index (χ1v) is 7.88. The molecule has 1 aromatic heterocycles. The third kappa shape index (κ3) is 2.52. The summed E-state index contributed by atoms with van der Waals surface area (Å²) in [5, 5.41) is 1.84. The Morgan fingerprint density at radius 3 is 2.85 bits per heavy atom. The van der Waals surface area contributed by atoms with Gasteiger partial charge in [0.1, 0.15) is 17.1 Å². The van der Waals surface area contributed by atoms with Crippen molar-refractivity contribution >= 4 is 22.9 Å². The van der Waals surface area contributed by atoms with Crippen molar-refractivity contribution in [2.24, 2.45) is 0 Å². The number of alkyl halides is 1. The number of rotatable bonds is 3. The molecule has 1 aliphatic rings. The lowest BCUT2D eigenvalue weighted by atomic mass is 9.99. The number of ether oxygens (including phenoxy) is 2. The first kappa shape index (κ1) is 13.8. The van der Waals surface area contributed by atoms with E-state index < -0.39 is 0 Å². The Morgan fingerprint density at radius 2 is 2.15 bits per heavy atom. The lowest BCUT2D eigenvalue weighted by molar-refractivity contribution is 0.138. The quantitative estimate of drug-likeness (QED) is 0.758. The van der Waals surface area contributed by atoms with E-state index >= 15 is 0 Å². The molecule has 4 heteroatoms. The minimum absolute atomic E-state index is 0.116. The second-order valence-electron chi connectivity index (χ2n) is 5.66. The third-order valence-electron chi connectivity index (χ3n) is 3.46. The summed E-state index contributed by atoms with van der Waals surface area (Å²) in [5.41, 5.74) is 2.23. The van der Waals surface area contributed by atoms with Crippen LogP contribution in [0.15, 0.2) is 29.6 Å². The lowest BCUT2D eigenvalue weighted by Crippen LogP contribution is -2.24. The molecule has 0 amide bonds. The molecule has 0 saturated heterocycles. The predicted molar refractivity (Wildman–Crippen MR) is 83.4 cm³/mol. The maximum atomic E-state index is 6.59. The molecule has 3 rings (SSSR count). The topological polar surface area (TPSA) is 18.5 Å². The van der Waals surface area contributed by atoms with Crippen molar-refractivity contribution in [2.75, 3.05) is 7.11 Å². The number of hydrogen-bond acceptors (Lipinski definition) is 3. The van der Waals surface area contributed by atoms with Crippen LogP contribution in [0.4, 0.5) is 0 Å². The van der Waals surface area contributed by atoms with E-state index in [-0.39, 0.29) is 11.0 Å². The van der Waals surface area contributed by atoms with Crippen LogP contribution in [0, 0.1) is 0 Å². The van der Waals surface area contributed by atoms with E-state index in [4.69, 9.17) is 21.1 Å². The standard InChI is InChI=1S/C16H17ClO2S/c1-16(2)8-11-6-10(4-5-13(11)19-16)15(17)14-7-12(18-3)9-20-14/h4-7,9,15H,8H2,1-3H3. The van der Waals surface area contributed by atoms with E-state index in [1.807, 2.05) is 23.6 Å². The molecule has 2 aromatic rings. The molecule has 0 N–H and O–H groups in total. The van der Waals surface area contributed by atoms with Crippen molar-refractivity contribution in [3.05, 3.63) is 45.6 Å². The predicted octanol–water partition coefficient (Wildman–Crippen LogP) is 4.80. The van der Waals surface area contributed by atoms with E-state index in [1.54, 1.807) is 18.4 Å². The summed E-state index contributed by atoms with van der Waals surface area (Å²) in [4.78, 5) is 1.10. The van der Waals surface area contributed by atoms with Crippen molar-refractivity contribution in [1.82, 2.24) is 0 Å².